The highest BCUT2D eigenvalue weighted by Gasteiger charge is 2.29. The second-order valence-corrected chi connectivity index (χ2v) is 10.6. The molecule has 0 spiro atoms. The van der Waals surface area contributed by atoms with E-state index in [0.717, 1.165) is 6.26 Å². The Hall–Kier alpha value is -2.02. The molecule has 2 N–H and O–H groups in total. The van der Waals surface area contributed by atoms with Gasteiger partial charge in [-0.1, -0.05) is 0 Å². The monoisotopic (exact) mass is 446 g/mol. The van der Waals surface area contributed by atoms with Crippen LogP contribution in [0.3, 0.4) is 0 Å². The van der Waals surface area contributed by atoms with E-state index in [1.54, 1.807) is 0 Å². The minimum Gasteiger partial charge on any atom is -0.340 e. The standard InChI is InChI=1S/C17H26N4O6S2/c1-13(17(23)20-9-4-10-21(12-11-20)28(3,24)25)19-29(26,27)16-7-5-15(6-8-16)18-14(2)22/h5-8,13,19H,4,9-12H2,1-3H3,(H,18,22)/t13-/m0/s1. The smallest absolute Gasteiger partial charge is 0.241 e. The summed E-state index contributed by atoms with van der Waals surface area (Å²) in [6, 6.07) is 4.56. The van der Waals surface area contributed by atoms with Gasteiger partial charge in [0.25, 0.3) is 0 Å². The van der Waals surface area contributed by atoms with E-state index in [4.69, 9.17) is 0 Å². The molecule has 0 bridgehead atoms. The van der Waals surface area contributed by atoms with Gasteiger partial charge in [-0.05, 0) is 37.6 Å². The number of rotatable bonds is 6. The van der Waals surface area contributed by atoms with E-state index in [2.05, 4.69) is 10.0 Å². The lowest BCUT2D eigenvalue weighted by Gasteiger charge is -2.24. The molecule has 1 fully saturated rings. The maximum absolute atomic E-state index is 12.7. The molecular formula is C17H26N4O6S2. The molecule has 1 atom stereocenters. The Morgan fingerprint density at radius 3 is 2.17 bits per heavy atom. The van der Waals surface area contributed by atoms with Crippen LogP contribution in [0.25, 0.3) is 0 Å². The van der Waals surface area contributed by atoms with E-state index < -0.39 is 32.0 Å². The van der Waals surface area contributed by atoms with Crippen molar-refractivity contribution in [2.75, 3.05) is 37.8 Å². The molecule has 1 heterocycles. The van der Waals surface area contributed by atoms with E-state index in [9.17, 15) is 26.4 Å². The van der Waals surface area contributed by atoms with E-state index in [1.165, 1.54) is 47.3 Å². The fraction of sp³-hybridized carbons (Fsp3) is 0.529. The summed E-state index contributed by atoms with van der Waals surface area (Å²) >= 11 is 0. The van der Waals surface area contributed by atoms with Gasteiger partial charge in [0.15, 0.2) is 0 Å². The first-order valence-corrected chi connectivity index (χ1v) is 12.4. The highest BCUT2D eigenvalue weighted by atomic mass is 32.2. The highest BCUT2D eigenvalue weighted by Crippen LogP contribution is 2.15. The lowest BCUT2D eigenvalue weighted by Crippen LogP contribution is -2.48. The van der Waals surface area contributed by atoms with Crippen molar-refractivity contribution >= 4 is 37.5 Å². The molecule has 12 heteroatoms. The Kier molecular flexibility index (Phi) is 7.38. The Balaban J connectivity index is 2.03. The van der Waals surface area contributed by atoms with Gasteiger partial charge in [0.2, 0.25) is 31.9 Å². The highest BCUT2D eigenvalue weighted by molar-refractivity contribution is 7.89. The molecule has 0 aromatic heterocycles. The zero-order valence-corrected chi connectivity index (χ0v) is 18.2. The van der Waals surface area contributed by atoms with E-state index in [0.29, 0.717) is 25.2 Å². The van der Waals surface area contributed by atoms with Crippen LogP contribution in [-0.4, -0.2) is 76.3 Å². The van der Waals surface area contributed by atoms with E-state index >= 15 is 0 Å². The predicted molar refractivity (Wildman–Crippen MR) is 108 cm³/mol. The molecule has 29 heavy (non-hydrogen) atoms. The summed E-state index contributed by atoms with van der Waals surface area (Å²) in [5.41, 5.74) is 0.459. The lowest BCUT2D eigenvalue weighted by molar-refractivity contribution is -0.132. The Bertz CT molecular complexity index is 960. The minimum absolute atomic E-state index is 0.0367. The van der Waals surface area contributed by atoms with Crippen molar-refractivity contribution in [3.05, 3.63) is 24.3 Å². The number of anilines is 1. The fourth-order valence-electron chi connectivity index (χ4n) is 2.99. The Morgan fingerprint density at radius 1 is 1.00 bits per heavy atom. The molecule has 1 aromatic rings. The van der Waals surface area contributed by atoms with Crippen LogP contribution in [0.15, 0.2) is 29.2 Å². The number of nitrogens with one attached hydrogen (secondary N) is 2. The SMILES string of the molecule is CC(=O)Nc1ccc(S(=O)(=O)N[C@@H](C)C(=O)N2CCCN(S(C)(=O)=O)CC2)cc1. The number of nitrogens with zero attached hydrogens (tertiary/aromatic N) is 2. The predicted octanol–water partition coefficient (Wildman–Crippen LogP) is -0.194. The fourth-order valence-corrected chi connectivity index (χ4v) is 5.06. The van der Waals surface area contributed by atoms with Gasteiger partial charge in [0.1, 0.15) is 0 Å². The molecular weight excluding hydrogens is 420 g/mol. The minimum atomic E-state index is -3.95. The van der Waals surface area contributed by atoms with Crippen molar-refractivity contribution in [1.29, 1.82) is 0 Å². The zero-order valence-electron chi connectivity index (χ0n) is 16.6. The van der Waals surface area contributed by atoms with Crippen molar-refractivity contribution in [1.82, 2.24) is 13.9 Å². The first-order valence-electron chi connectivity index (χ1n) is 9.04. The van der Waals surface area contributed by atoms with Gasteiger partial charge in [0, 0.05) is 38.8 Å². The van der Waals surface area contributed by atoms with Crippen LogP contribution in [0.2, 0.25) is 0 Å². The van der Waals surface area contributed by atoms with Crippen LogP contribution in [0, 0.1) is 0 Å². The summed E-state index contributed by atoms with van der Waals surface area (Å²) in [6.07, 6.45) is 1.60. The summed E-state index contributed by atoms with van der Waals surface area (Å²) in [5.74, 6) is -0.691. The molecule has 0 saturated carbocycles. The summed E-state index contributed by atoms with van der Waals surface area (Å²) in [6.45, 7) is 3.84. The largest absolute Gasteiger partial charge is 0.340 e. The van der Waals surface area contributed by atoms with Crippen LogP contribution in [0.5, 0.6) is 0 Å². The molecule has 1 aliphatic heterocycles. The van der Waals surface area contributed by atoms with Crippen LogP contribution in [-0.2, 0) is 29.6 Å². The van der Waals surface area contributed by atoms with Gasteiger partial charge >= 0.3 is 0 Å². The molecule has 2 amide bonds. The molecule has 0 aliphatic carbocycles. The number of hydrogen-bond acceptors (Lipinski definition) is 6. The quantitative estimate of drug-likeness (QED) is 0.622. The molecule has 0 unspecified atom stereocenters. The molecule has 10 nitrogen and oxygen atoms in total. The molecule has 1 aromatic carbocycles. The Morgan fingerprint density at radius 2 is 1.62 bits per heavy atom. The van der Waals surface area contributed by atoms with Gasteiger partial charge in [-0.3, -0.25) is 9.59 Å². The van der Waals surface area contributed by atoms with Crippen molar-refractivity contribution in [2.45, 2.75) is 31.2 Å². The Labute approximate surface area is 171 Å². The van der Waals surface area contributed by atoms with Crippen molar-refractivity contribution in [3.63, 3.8) is 0 Å². The normalized spacial score (nSPS) is 17.4. The third-order valence-electron chi connectivity index (χ3n) is 4.42. The van der Waals surface area contributed by atoms with Crippen molar-refractivity contribution in [2.24, 2.45) is 0 Å². The second kappa shape index (κ2) is 9.20. The van der Waals surface area contributed by atoms with Gasteiger partial charge < -0.3 is 10.2 Å². The summed E-state index contributed by atoms with van der Waals surface area (Å²) in [7, 11) is -7.29. The number of carbonyl (C=O) groups excluding carboxylic acids is 2. The van der Waals surface area contributed by atoms with E-state index in [-0.39, 0.29) is 23.9 Å². The second-order valence-electron chi connectivity index (χ2n) is 6.89. The van der Waals surface area contributed by atoms with E-state index in [1.807, 2.05) is 0 Å². The van der Waals surface area contributed by atoms with Crippen molar-refractivity contribution < 1.29 is 26.4 Å². The van der Waals surface area contributed by atoms with Crippen LogP contribution < -0.4 is 10.0 Å². The number of hydrogen-bond donors (Lipinski definition) is 2. The molecule has 2 rings (SSSR count). The third-order valence-corrected chi connectivity index (χ3v) is 7.28. The first-order chi connectivity index (χ1) is 13.4. The summed E-state index contributed by atoms with van der Waals surface area (Å²) in [5, 5.41) is 2.54. The zero-order chi connectivity index (χ0) is 21.8. The molecule has 1 saturated heterocycles. The average molecular weight is 447 g/mol. The van der Waals surface area contributed by atoms with Crippen LogP contribution >= 0.6 is 0 Å². The topological polar surface area (TPSA) is 133 Å². The maximum atomic E-state index is 12.7. The lowest BCUT2D eigenvalue weighted by atomic mass is 10.3. The summed E-state index contributed by atoms with van der Waals surface area (Å²) in [4.78, 5) is 25.2. The first kappa shape index (κ1) is 23.3. The van der Waals surface area contributed by atoms with Crippen molar-refractivity contribution in [3.8, 4) is 0 Å². The van der Waals surface area contributed by atoms with Crippen LogP contribution in [0.1, 0.15) is 20.3 Å². The number of amides is 2. The third kappa shape index (κ3) is 6.49. The van der Waals surface area contributed by atoms with Gasteiger partial charge in [-0.2, -0.15) is 4.72 Å². The van der Waals surface area contributed by atoms with Gasteiger partial charge in [0.05, 0.1) is 17.2 Å². The maximum Gasteiger partial charge on any atom is 0.241 e. The van der Waals surface area contributed by atoms with Crippen LogP contribution in [0.4, 0.5) is 5.69 Å². The molecule has 1 aliphatic rings. The summed E-state index contributed by atoms with van der Waals surface area (Å²) < 4.78 is 52.2. The number of carbonyl (C=O) groups is 2. The number of sulfonamides is 2. The number of benzene rings is 1. The molecule has 162 valence electrons. The average Bonchev–Trinajstić information content (AvgIpc) is 2.86. The van der Waals surface area contributed by atoms with Gasteiger partial charge in [-0.15, -0.1) is 0 Å². The van der Waals surface area contributed by atoms with Gasteiger partial charge in [-0.25, -0.2) is 21.1 Å². The molecule has 0 radical (unpaired) electrons.